The van der Waals surface area contributed by atoms with Gasteiger partial charge < -0.3 is 5.32 Å². The van der Waals surface area contributed by atoms with E-state index in [1.54, 1.807) is 6.20 Å². The summed E-state index contributed by atoms with van der Waals surface area (Å²) in [5, 5.41) is 3.50. The van der Waals surface area contributed by atoms with Gasteiger partial charge in [0, 0.05) is 11.9 Å². The van der Waals surface area contributed by atoms with Crippen molar-refractivity contribution in [1.82, 2.24) is 10.3 Å². The smallest absolute Gasteiger partial charge is 0.123 e. The number of hydrogen-bond acceptors (Lipinski definition) is 2. The van der Waals surface area contributed by atoms with Crippen molar-refractivity contribution in [2.75, 3.05) is 6.54 Å². The molecule has 0 aliphatic rings. The van der Waals surface area contributed by atoms with E-state index in [1.165, 1.54) is 12.1 Å². The van der Waals surface area contributed by atoms with Gasteiger partial charge in [0.25, 0.3) is 0 Å². The van der Waals surface area contributed by atoms with Crippen LogP contribution in [0.2, 0.25) is 0 Å². The van der Waals surface area contributed by atoms with Crippen LogP contribution in [0.1, 0.15) is 36.2 Å². The lowest BCUT2D eigenvalue weighted by atomic mass is 9.97. The third-order valence-electron chi connectivity index (χ3n) is 3.16. The topological polar surface area (TPSA) is 24.9 Å². The molecule has 0 saturated heterocycles. The number of rotatable bonds is 5. The Hall–Kier alpha value is -1.74. The van der Waals surface area contributed by atoms with E-state index in [0.717, 1.165) is 29.8 Å². The van der Waals surface area contributed by atoms with Crippen molar-refractivity contribution in [1.29, 1.82) is 0 Å². The minimum atomic E-state index is -0.207. The van der Waals surface area contributed by atoms with Gasteiger partial charge >= 0.3 is 0 Å². The normalized spacial score (nSPS) is 12.4. The minimum absolute atomic E-state index is 0.0641. The predicted octanol–water partition coefficient (Wildman–Crippen LogP) is 3.62. The third-order valence-corrected chi connectivity index (χ3v) is 3.16. The lowest BCUT2D eigenvalue weighted by Gasteiger charge is -2.21. The van der Waals surface area contributed by atoms with Crippen LogP contribution in [0.25, 0.3) is 0 Å². The van der Waals surface area contributed by atoms with Crippen molar-refractivity contribution < 1.29 is 4.39 Å². The Balaban J connectivity index is 2.35. The van der Waals surface area contributed by atoms with Crippen LogP contribution in [0.5, 0.6) is 0 Å². The Bertz CT molecular complexity index is 523. The highest BCUT2D eigenvalue weighted by molar-refractivity contribution is 5.33. The van der Waals surface area contributed by atoms with Gasteiger partial charge in [-0.15, -0.1) is 0 Å². The van der Waals surface area contributed by atoms with E-state index < -0.39 is 0 Å². The van der Waals surface area contributed by atoms with Crippen molar-refractivity contribution in [3.8, 4) is 0 Å². The average Bonchev–Trinajstić information content (AvgIpc) is 2.43. The van der Waals surface area contributed by atoms with Crippen LogP contribution in [0, 0.1) is 12.7 Å². The van der Waals surface area contributed by atoms with Gasteiger partial charge in [-0.1, -0.05) is 25.1 Å². The number of nitrogens with zero attached hydrogens (tertiary/aromatic N) is 1. The molecule has 0 fully saturated rings. The second-order valence-corrected chi connectivity index (χ2v) is 4.62. The summed E-state index contributed by atoms with van der Waals surface area (Å²) >= 11 is 0. The first-order valence-electron chi connectivity index (χ1n) is 6.62. The maximum absolute atomic E-state index is 13.1. The summed E-state index contributed by atoms with van der Waals surface area (Å²) in [6.07, 6.45) is 2.84. The first kappa shape index (κ1) is 13.7. The predicted molar refractivity (Wildman–Crippen MR) is 75.5 cm³/mol. The van der Waals surface area contributed by atoms with Crippen molar-refractivity contribution in [3.05, 3.63) is 65.2 Å². The summed E-state index contributed by atoms with van der Waals surface area (Å²) in [4.78, 5) is 4.34. The van der Waals surface area contributed by atoms with Crippen molar-refractivity contribution in [2.24, 2.45) is 0 Å². The molecule has 0 bridgehead atoms. The Morgan fingerprint density at radius 3 is 2.58 bits per heavy atom. The van der Waals surface area contributed by atoms with Crippen LogP contribution < -0.4 is 5.32 Å². The molecule has 1 unspecified atom stereocenters. The molecule has 2 aromatic rings. The number of aryl methyl sites for hydroxylation is 1. The molecule has 2 rings (SSSR count). The number of pyridine rings is 1. The lowest BCUT2D eigenvalue weighted by Crippen LogP contribution is -2.24. The molecule has 2 nitrogen and oxygen atoms in total. The second kappa shape index (κ2) is 6.43. The number of hydrogen-bond donors (Lipinski definition) is 1. The van der Waals surface area contributed by atoms with Crippen LogP contribution in [-0.4, -0.2) is 11.5 Å². The van der Waals surface area contributed by atoms with Gasteiger partial charge in [-0.05, 0) is 49.2 Å². The van der Waals surface area contributed by atoms with Crippen LogP contribution >= 0.6 is 0 Å². The van der Waals surface area contributed by atoms with E-state index in [2.05, 4.69) is 23.3 Å². The average molecular weight is 258 g/mol. The fourth-order valence-corrected chi connectivity index (χ4v) is 2.15. The molecular formula is C16H19FN2. The number of benzene rings is 1. The monoisotopic (exact) mass is 258 g/mol. The number of nitrogens with one attached hydrogen (secondary N) is 1. The van der Waals surface area contributed by atoms with Crippen molar-refractivity contribution in [2.45, 2.75) is 26.3 Å². The Labute approximate surface area is 113 Å². The van der Waals surface area contributed by atoms with Gasteiger partial charge in [0.1, 0.15) is 5.82 Å². The van der Waals surface area contributed by atoms with E-state index in [0.29, 0.717) is 0 Å². The molecule has 100 valence electrons. The number of aromatic nitrogens is 1. The molecule has 0 amide bonds. The van der Waals surface area contributed by atoms with Gasteiger partial charge in [-0.25, -0.2) is 4.39 Å². The highest BCUT2D eigenvalue weighted by Crippen LogP contribution is 2.24. The quantitative estimate of drug-likeness (QED) is 0.886. The highest BCUT2D eigenvalue weighted by Gasteiger charge is 2.15. The summed E-state index contributed by atoms with van der Waals surface area (Å²) in [7, 11) is 0. The van der Waals surface area contributed by atoms with Gasteiger partial charge in [0.05, 0.1) is 6.04 Å². The Kier molecular flexibility index (Phi) is 4.63. The lowest BCUT2D eigenvalue weighted by molar-refractivity contribution is 0.589. The maximum Gasteiger partial charge on any atom is 0.123 e. The number of halogens is 1. The zero-order valence-corrected chi connectivity index (χ0v) is 11.4. The fraction of sp³-hybridized carbons (Fsp3) is 0.312. The highest BCUT2D eigenvalue weighted by atomic mass is 19.1. The largest absolute Gasteiger partial charge is 0.306 e. The molecule has 0 aliphatic carbocycles. The summed E-state index contributed by atoms with van der Waals surface area (Å²) in [5.74, 6) is -0.207. The molecule has 1 heterocycles. The van der Waals surface area contributed by atoms with Crippen LogP contribution in [0.15, 0.2) is 42.6 Å². The van der Waals surface area contributed by atoms with Crippen LogP contribution in [0.3, 0.4) is 0 Å². The third kappa shape index (κ3) is 3.38. The SMILES string of the molecule is CCCNC(c1ccc(F)cc1)c1cccnc1C. The molecule has 1 aromatic heterocycles. The van der Waals surface area contributed by atoms with E-state index in [1.807, 2.05) is 25.1 Å². The van der Waals surface area contributed by atoms with Crippen LogP contribution in [-0.2, 0) is 0 Å². The second-order valence-electron chi connectivity index (χ2n) is 4.62. The van der Waals surface area contributed by atoms with E-state index in [9.17, 15) is 4.39 Å². The Morgan fingerprint density at radius 2 is 1.95 bits per heavy atom. The van der Waals surface area contributed by atoms with Crippen molar-refractivity contribution >= 4 is 0 Å². The first-order chi connectivity index (χ1) is 9.22. The molecular weight excluding hydrogens is 239 g/mol. The molecule has 0 saturated carbocycles. The molecule has 0 spiro atoms. The fourth-order valence-electron chi connectivity index (χ4n) is 2.15. The molecule has 3 heteroatoms. The Morgan fingerprint density at radius 1 is 1.21 bits per heavy atom. The molecule has 1 aromatic carbocycles. The molecule has 19 heavy (non-hydrogen) atoms. The van der Waals surface area contributed by atoms with Crippen LogP contribution in [0.4, 0.5) is 4.39 Å². The first-order valence-corrected chi connectivity index (χ1v) is 6.62. The molecule has 0 aliphatic heterocycles. The molecule has 1 N–H and O–H groups in total. The van der Waals surface area contributed by atoms with Gasteiger partial charge in [-0.3, -0.25) is 4.98 Å². The standard InChI is InChI=1S/C16H19FN2/c1-3-10-19-16(13-6-8-14(17)9-7-13)15-5-4-11-18-12(15)2/h4-9,11,16,19H,3,10H2,1-2H3. The zero-order valence-electron chi connectivity index (χ0n) is 11.4. The van der Waals surface area contributed by atoms with E-state index in [4.69, 9.17) is 0 Å². The van der Waals surface area contributed by atoms with E-state index in [-0.39, 0.29) is 11.9 Å². The van der Waals surface area contributed by atoms with Crippen molar-refractivity contribution in [3.63, 3.8) is 0 Å². The zero-order chi connectivity index (χ0) is 13.7. The van der Waals surface area contributed by atoms with Gasteiger partial charge in [-0.2, -0.15) is 0 Å². The summed E-state index contributed by atoms with van der Waals surface area (Å²) in [6, 6.07) is 10.7. The van der Waals surface area contributed by atoms with Gasteiger partial charge in [0.2, 0.25) is 0 Å². The minimum Gasteiger partial charge on any atom is -0.306 e. The molecule has 0 radical (unpaired) electrons. The summed E-state index contributed by atoms with van der Waals surface area (Å²) < 4.78 is 13.1. The molecule has 1 atom stereocenters. The van der Waals surface area contributed by atoms with E-state index >= 15 is 0 Å². The summed E-state index contributed by atoms with van der Waals surface area (Å²) in [5.41, 5.74) is 3.20. The van der Waals surface area contributed by atoms with Gasteiger partial charge in [0.15, 0.2) is 0 Å². The summed E-state index contributed by atoms with van der Waals surface area (Å²) in [6.45, 7) is 5.04. The maximum atomic E-state index is 13.1.